The predicted molar refractivity (Wildman–Crippen MR) is 96.3 cm³/mol. The third-order valence-electron chi connectivity index (χ3n) is 4.13. The molecule has 1 unspecified atom stereocenters. The van der Waals surface area contributed by atoms with E-state index in [1.807, 2.05) is 0 Å². The highest BCUT2D eigenvalue weighted by Crippen LogP contribution is 2.25. The molecule has 0 bridgehead atoms. The molecule has 1 atom stereocenters. The van der Waals surface area contributed by atoms with Crippen LogP contribution in [0.2, 0.25) is 0 Å². The van der Waals surface area contributed by atoms with Crippen LogP contribution in [0.1, 0.15) is 43.6 Å². The molecule has 0 radical (unpaired) electrons. The van der Waals surface area contributed by atoms with Crippen molar-refractivity contribution in [2.24, 2.45) is 0 Å². The summed E-state index contributed by atoms with van der Waals surface area (Å²) < 4.78 is 0. The number of aryl methyl sites for hydroxylation is 1. The second-order valence-electron chi connectivity index (χ2n) is 6.91. The summed E-state index contributed by atoms with van der Waals surface area (Å²) in [5, 5.41) is 32.7. The molecule has 0 spiro atoms. The summed E-state index contributed by atoms with van der Waals surface area (Å²) in [7, 11) is 0. The van der Waals surface area contributed by atoms with Gasteiger partial charge in [-0.25, -0.2) is 0 Å². The third kappa shape index (κ3) is 5.25. The highest BCUT2D eigenvalue weighted by molar-refractivity contribution is 5.37. The second-order valence-corrected chi connectivity index (χ2v) is 6.91. The summed E-state index contributed by atoms with van der Waals surface area (Å²) in [6, 6.07) is 12.7. The van der Waals surface area contributed by atoms with Gasteiger partial charge in [0.15, 0.2) is 0 Å². The average molecular weight is 329 g/mol. The molecule has 0 amide bonds. The van der Waals surface area contributed by atoms with Crippen LogP contribution in [-0.4, -0.2) is 27.4 Å². The third-order valence-corrected chi connectivity index (χ3v) is 4.13. The van der Waals surface area contributed by atoms with Crippen LogP contribution in [0.5, 0.6) is 11.5 Å². The monoisotopic (exact) mass is 329 g/mol. The molecule has 0 fully saturated rings. The van der Waals surface area contributed by atoms with Crippen molar-refractivity contribution in [1.82, 2.24) is 5.32 Å². The van der Waals surface area contributed by atoms with Crippen molar-refractivity contribution in [2.45, 2.75) is 45.3 Å². The lowest BCUT2D eigenvalue weighted by atomic mass is 9.93. The quantitative estimate of drug-likeness (QED) is 0.629. The number of β-amino-alcohol motifs (C(OH)–C–C–N with tert-alkyl or cyclic N) is 1. The van der Waals surface area contributed by atoms with Gasteiger partial charge in [0.1, 0.15) is 11.5 Å². The molecule has 0 aliphatic rings. The Morgan fingerprint density at radius 2 is 1.62 bits per heavy atom. The number of hydrogen-bond donors (Lipinski definition) is 4. The molecule has 24 heavy (non-hydrogen) atoms. The van der Waals surface area contributed by atoms with Crippen LogP contribution in [0, 0.1) is 0 Å². The maximum atomic E-state index is 10.3. The number of benzene rings is 2. The fourth-order valence-electron chi connectivity index (χ4n) is 2.83. The first-order valence-electron chi connectivity index (χ1n) is 8.33. The Bertz CT molecular complexity index is 662. The lowest BCUT2D eigenvalue weighted by molar-refractivity contribution is 0.160. The first-order valence-corrected chi connectivity index (χ1v) is 8.33. The van der Waals surface area contributed by atoms with Crippen LogP contribution < -0.4 is 5.32 Å². The minimum atomic E-state index is -0.802. The predicted octanol–water partition coefficient (Wildman–Crippen LogP) is 3.30. The van der Waals surface area contributed by atoms with E-state index in [0.29, 0.717) is 12.1 Å². The molecule has 4 nitrogen and oxygen atoms in total. The van der Waals surface area contributed by atoms with E-state index in [-0.39, 0.29) is 17.0 Å². The molecular weight excluding hydrogens is 302 g/mol. The van der Waals surface area contributed by atoms with Gasteiger partial charge in [-0.3, -0.25) is 0 Å². The van der Waals surface area contributed by atoms with Gasteiger partial charge < -0.3 is 20.6 Å². The number of rotatable bonds is 7. The smallest absolute Gasteiger partial charge is 0.119 e. The van der Waals surface area contributed by atoms with Crippen molar-refractivity contribution in [1.29, 1.82) is 0 Å². The zero-order valence-electron chi connectivity index (χ0n) is 14.6. The standard InChI is InChI=1S/C20H27NO3/c1-4-14-6-5-7-15(8-14)12-20(2,3)21-13-19(24)16-9-17(22)11-18(23)10-16/h5-11,19,21-24H,4,12-13H2,1-3H3. The van der Waals surface area contributed by atoms with Crippen molar-refractivity contribution < 1.29 is 15.3 Å². The molecule has 0 aliphatic carbocycles. The Hall–Kier alpha value is -2.04. The number of phenols is 2. The van der Waals surface area contributed by atoms with Crippen LogP contribution in [0.25, 0.3) is 0 Å². The second kappa shape index (κ2) is 7.69. The number of aliphatic hydroxyl groups excluding tert-OH is 1. The molecular formula is C20H27NO3. The van der Waals surface area contributed by atoms with E-state index in [0.717, 1.165) is 12.8 Å². The Kier molecular flexibility index (Phi) is 5.86. The SMILES string of the molecule is CCc1cccc(CC(C)(C)NCC(O)c2cc(O)cc(O)c2)c1. The number of aromatic hydroxyl groups is 2. The van der Waals surface area contributed by atoms with E-state index in [4.69, 9.17) is 0 Å². The van der Waals surface area contributed by atoms with Crippen LogP contribution in [0.4, 0.5) is 0 Å². The fourth-order valence-corrected chi connectivity index (χ4v) is 2.83. The van der Waals surface area contributed by atoms with Gasteiger partial charge in [-0.05, 0) is 55.5 Å². The molecule has 0 saturated heterocycles. The van der Waals surface area contributed by atoms with Crippen molar-refractivity contribution in [3.63, 3.8) is 0 Å². The number of nitrogens with one attached hydrogen (secondary N) is 1. The Morgan fingerprint density at radius 1 is 1.00 bits per heavy atom. The van der Waals surface area contributed by atoms with Crippen molar-refractivity contribution >= 4 is 0 Å². The Labute approximate surface area is 143 Å². The van der Waals surface area contributed by atoms with Gasteiger partial charge >= 0.3 is 0 Å². The maximum absolute atomic E-state index is 10.3. The number of phenolic OH excluding ortho intramolecular Hbond substituents is 2. The zero-order valence-corrected chi connectivity index (χ0v) is 14.6. The molecule has 0 aromatic heterocycles. The highest BCUT2D eigenvalue weighted by atomic mass is 16.3. The Balaban J connectivity index is 1.98. The molecule has 4 N–H and O–H groups in total. The van der Waals surface area contributed by atoms with E-state index in [1.54, 1.807) is 0 Å². The molecule has 0 heterocycles. The van der Waals surface area contributed by atoms with Crippen LogP contribution in [0.3, 0.4) is 0 Å². The van der Waals surface area contributed by atoms with Crippen molar-refractivity contribution in [2.75, 3.05) is 6.54 Å². The lowest BCUT2D eigenvalue weighted by Gasteiger charge is -2.28. The largest absolute Gasteiger partial charge is 0.508 e. The number of aliphatic hydroxyl groups is 1. The molecule has 2 aromatic rings. The molecule has 4 heteroatoms. The van der Waals surface area contributed by atoms with Gasteiger partial charge in [-0.15, -0.1) is 0 Å². The molecule has 0 saturated carbocycles. The van der Waals surface area contributed by atoms with E-state index in [9.17, 15) is 15.3 Å². The minimum Gasteiger partial charge on any atom is -0.508 e. The molecule has 0 aliphatic heterocycles. The van der Waals surface area contributed by atoms with Crippen LogP contribution in [0.15, 0.2) is 42.5 Å². The molecule has 130 valence electrons. The lowest BCUT2D eigenvalue weighted by Crippen LogP contribution is -2.43. The summed E-state index contributed by atoms with van der Waals surface area (Å²) in [5.41, 5.74) is 2.88. The fraction of sp³-hybridized carbons (Fsp3) is 0.400. The van der Waals surface area contributed by atoms with E-state index >= 15 is 0 Å². The average Bonchev–Trinajstić information content (AvgIpc) is 2.51. The van der Waals surface area contributed by atoms with Crippen LogP contribution >= 0.6 is 0 Å². The van der Waals surface area contributed by atoms with Gasteiger partial charge in [-0.2, -0.15) is 0 Å². The summed E-state index contributed by atoms with van der Waals surface area (Å²) in [6.45, 7) is 6.67. The summed E-state index contributed by atoms with van der Waals surface area (Å²) in [6.07, 6.45) is 1.06. The first-order chi connectivity index (χ1) is 11.3. The van der Waals surface area contributed by atoms with E-state index < -0.39 is 6.10 Å². The van der Waals surface area contributed by atoms with Gasteiger partial charge in [0.2, 0.25) is 0 Å². The normalized spacial score (nSPS) is 13.0. The zero-order chi connectivity index (χ0) is 17.7. The summed E-state index contributed by atoms with van der Waals surface area (Å²) in [5.74, 6) is -0.112. The van der Waals surface area contributed by atoms with Gasteiger partial charge in [-0.1, -0.05) is 31.2 Å². The van der Waals surface area contributed by atoms with Gasteiger partial charge in [0.25, 0.3) is 0 Å². The minimum absolute atomic E-state index is 0.0558. The van der Waals surface area contributed by atoms with Crippen LogP contribution in [-0.2, 0) is 12.8 Å². The molecule has 2 rings (SSSR count). The number of hydrogen-bond acceptors (Lipinski definition) is 4. The Morgan fingerprint density at radius 3 is 2.25 bits per heavy atom. The van der Waals surface area contributed by atoms with Crippen molar-refractivity contribution in [3.8, 4) is 11.5 Å². The van der Waals surface area contributed by atoms with Crippen molar-refractivity contribution in [3.05, 3.63) is 59.2 Å². The summed E-state index contributed by atoms with van der Waals surface area (Å²) in [4.78, 5) is 0. The molecule has 2 aromatic carbocycles. The van der Waals surface area contributed by atoms with Gasteiger partial charge in [0.05, 0.1) is 6.10 Å². The first kappa shape index (κ1) is 18.3. The van der Waals surface area contributed by atoms with Gasteiger partial charge in [0, 0.05) is 18.2 Å². The highest BCUT2D eigenvalue weighted by Gasteiger charge is 2.20. The van der Waals surface area contributed by atoms with E-state index in [2.05, 4.69) is 50.4 Å². The van der Waals surface area contributed by atoms with E-state index in [1.165, 1.54) is 29.3 Å². The summed E-state index contributed by atoms with van der Waals surface area (Å²) >= 11 is 0. The maximum Gasteiger partial charge on any atom is 0.119 e. The topological polar surface area (TPSA) is 72.7 Å².